The molecule has 18 heavy (non-hydrogen) atoms. The third-order valence-electron chi connectivity index (χ3n) is 3.28. The van der Waals surface area contributed by atoms with Gasteiger partial charge in [-0.3, -0.25) is 4.90 Å². The van der Waals surface area contributed by atoms with Gasteiger partial charge in [-0.25, -0.2) is 0 Å². The van der Waals surface area contributed by atoms with Crippen molar-refractivity contribution in [1.29, 1.82) is 0 Å². The van der Waals surface area contributed by atoms with Crippen LogP contribution >= 0.6 is 51.3 Å². The number of likely N-dealkylation sites (tertiary alicyclic amines) is 1. The van der Waals surface area contributed by atoms with Gasteiger partial charge in [-0.05, 0) is 67.4 Å². The molecule has 0 unspecified atom stereocenters. The van der Waals surface area contributed by atoms with Crippen molar-refractivity contribution in [3.05, 3.63) is 19.8 Å². The summed E-state index contributed by atoms with van der Waals surface area (Å²) in [5.74, 6) is 0.856. The molecular weight excluding hydrogens is 355 g/mol. The summed E-state index contributed by atoms with van der Waals surface area (Å²) in [7, 11) is 2.04. The predicted octanol–water partition coefficient (Wildman–Crippen LogP) is 4.02. The highest BCUT2D eigenvalue weighted by atomic mass is 79.9. The molecule has 0 bridgehead atoms. The van der Waals surface area contributed by atoms with Gasteiger partial charge in [0.05, 0.1) is 0 Å². The maximum atomic E-state index is 6.06. The van der Waals surface area contributed by atoms with E-state index in [-0.39, 0.29) is 12.4 Å². The molecule has 2 rings (SSSR count). The maximum Gasteiger partial charge on any atom is 0.107 e. The lowest BCUT2D eigenvalue weighted by Gasteiger charge is -2.31. The second kappa shape index (κ2) is 8.08. The largest absolute Gasteiger partial charge is 0.319 e. The topological polar surface area (TPSA) is 15.3 Å². The highest BCUT2D eigenvalue weighted by molar-refractivity contribution is 9.10. The first-order valence-corrected chi connectivity index (χ1v) is 7.98. The van der Waals surface area contributed by atoms with Crippen LogP contribution in [-0.2, 0) is 6.54 Å². The molecule has 0 atom stereocenters. The van der Waals surface area contributed by atoms with E-state index in [1.807, 2.05) is 7.05 Å². The Hall–Kier alpha value is 0.680. The predicted molar refractivity (Wildman–Crippen MR) is 86.2 cm³/mol. The van der Waals surface area contributed by atoms with Crippen LogP contribution in [0, 0.1) is 5.92 Å². The van der Waals surface area contributed by atoms with Crippen molar-refractivity contribution in [2.45, 2.75) is 19.4 Å². The molecule has 0 aliphatic carbocycles. The van der Waals surface area contributed by atoms with Crippen LogP contribution in [0.2, 0.25) is 4.34 Å². The number of nitrogens with zero attached hydrogens (tertiary/aromatic N) is 1. The van der Waals surface area contributed by atoms with Gasteiger partial charge in [0.15, 0.2) is 0 Å². The van der Waals surface area contributed by atoms with Gasteiger partial charge in [-0.2, -0.15) is 0 Å². The van der Waals surface area contributed by atoms with Crippen molar-refractivity contribution in [2.75, 3.05) is 26.7 Å². The minimum atomic E-state index is 0. The SMILES string of the molecule is CNCC1CCN(Cc2cc(Br)c(Cl)s2)CC1.Cl. The van der Waals surface area contributed by atoms with Gasteiger partial charge in [-0.15, -0.1) is 23.7 Å². The van der Waals surface area contributed by atoms with Crippen molar-refractivity contribution in [1.82, 2.24) is 10.2 Å². The molecule has 1 aliphatic rings. The Morgan fingerprint density at radius 3 is 2.67 bits per heavy atom. The molecule has 1 aliphatic heterocycles. The number of hydrogen-bond acceptors (Lipinski definition) is 3. The standard InChI is InChI=1S/C12H18BrClN2S.ClH/c1-15-7-9-2-4-16(5-3-9)8-10-6-11(13)12(14)17-10;/h6,9,15H,2-5,7-8H2,1H3;1H. The summed E-state index contributed by atoms with van der Waals surface area (Å²) >= 11 is 11.2. The summed E-state index contributed by atoms with van der Waals surface area (Å²) in [6, 6.07) is 2.15. The lowest BCUT2D eigenvalue weighted by Crippen LogP contribution is -2.36. The van der Waals surface area contributed by atoms with Crippen molar-refractivity contribution in [3.63, 3.8) is 0 Å². The van der Waals surface area contributed by atoms with E-state index in [9.17, 15) is 0 Å². The maximum absolute atomic E-state index is 6.06. The number of piperidine rings is 1. The minimum Gasteiger partial charge on any atom is -0.319 e. The van der Waals surface area contributed by atoms with Crippen LogP contribution in [-0.4, -0.2) is 31.6 Å². The normalized spacial score (nSPS) is 17.7. The second-order valence-corrected chi connectivity index (χ2v) is 7.20. The molecule has 1 N–H and O–H groups in total. The van der Waals surface area contributed by atoms with Gasteiger partial charge >= 0.3 is 0 Å². The molecule has 1 fully saturated rings. The highest BCUT2D eigenvalue weighted by Gasteiger charge is 2.19. The van der Waals surface area contributed by atoms with E-state index in [4.69, 9.17) is 11.6 Å². The number of hydrogen-bond donors (Lipinski definition) is 1. The van der Waals surface area contributed by atoms with Crippen LogP contribution in [0.15, 0.2) is 10.5 Å². The fraction of sp³-hybridized carbons (Fsp3) is 0.667. The van der Waals surface area contributed by atoms with E-state index in [0.29, 0.717) is 0 Å². The molecule has 6 heteroatoms. The highest BCUT2D eigenvalue weighted by Crippen LogP contribution is 2.33. The Balaban J connectivity index is 0.00000162. The van der Waals surface area contributed by atoms with Gasteiger partial charge in [0.25, 0.3) is 0 Å². The molecule has 1 saturated heterocycles. The summed E-state index contributed by atoms with van der Waals surface area (Å²) in [5.41, 5.74) is 0. The van der Waals surface area contributed by atoms with Crippen molar-refractivity contribution >= 4 is 51.3 Å². The van der Waals surface area contributed by atoms with E-state index in [0.717, 1.165) is 27.8 Å². The molecule has 0 aromatic carbocycles. The Kier molecular flexibility index (Phi) is 7.51. The van der Waals surface area contributed by atoms with Crippen LogP contribution in [0.25, 0.3) is 0 Å². The van der Waals surface area contributed by atoms with Crippen molar-refractivity contribution < 1.29 is 0 Å². The zero-order chi connectivity index (χ0) is 12.3. The third kappa shape index (κ3) is 4.66. The van der Waals surface area contributed by atoms with Gasteiger partial charge in [0.1, 0.15) is 4.34 Å². The van der Waals surface area contributed by atoms with Gasteiger partial charge in [-0.1, -0.05) is 11.6 Å². The lowest BCUT2D eigenvalue weighted by molar-refractivity contribution is 0.178. The third-order valence-corrected chi connectivity index (χ3v) is 5.74. The summed E-state index contributed by atoms with van der Waals surface area (Å²) in [5, 5.41) is 3.27. The van der Waals surface area contributed by atoms with Crippen molar-refractivity contribution in [3.8, 4) is 0 Å². The van der Waals surface area contributed by atoms with Gasteiger partial charge < -0.3 is 5.32 Å². The molecule has 1 aromatic heterocycles. The Labute approximate surface area is 133 Å². The van der Waals surface area contributed by atoms with Crippen molar-refractivity contribution in [2.24, 2.45) is 5.92 Å². The molecule has 0 amide bonds. The zero-order valence-corrected chi connectivity index (χ0v) is 14.4. The monoisotopic (exact) mass is 372 g/mol. The van der Waals surface area contributed by atoms with Gasteiger partial charge in [0.2, 0.25) is 0 Å². The fourth-order valence-electron chi connectivity index (χ4n) is 2.33. The van der Waals surface area contributed by atoms with Crippen LogP contribution < -0.4 is 5.32 Å². The smallest absolute Gasteiger partial charge is 0.107 e. The second-order valence-electron chi connectivity index (χ2n) is 4.61. The Morgan fingerprint density at radius 2 is 2.17 bits per heavy atom. The number of rotatable bonds is 4. The van der Waals surface area contributed by atoms with Gasteiger partial charge in [0, 0.05) is 15.9 Å². The molecule has 2 nitrogen and oxygen atoms in total. The molecule has 0 radical (unpaired) electrons. The van der Waals surface area contributed by atoms with Crippen LogP contribution in [0.5, 0.6) is 0 Å². The number of nitrogens with one attached hydrogen (secondary N) is 1. The number of halogens is 3. The molecule has 1 aromatic rings. The van der Waals surface area contributed by atoms with Crippen LogP contribution in [0.4, 0.5) is 0 Å². The minimum absolute atomic E-state index is 0. The molecule has 0 saturated carbocycles. The average molecular weight is 374 g/mol. The van der Waals surface area contributed by atoms with E-state index < -0.39 is 0 Å². The first kappa shape index (κ1) is 16.7. The zero-order valence-electron chi connectivity index (χ0n) is 10.4. The summed E-state index contributed by atoms with van der Waals surface area (Å²) in [4.78, 5) is 3.88. The lowest BCUT2D eigenvalue weighted by atomic mass is 9.97. The first-order valence-electron chi connectivity index (χ1n) is 5.99. The molecule has 0 spiro atoms. The molecular formula is C12H19BrCl2N2S. The van der Waals surface area contributed by atoms with E-state index in [2.05, 4.69) is 32.2 Å². The Morgan fingerprint density at radius 1 is 1.50 bits per heavy atom. The van der Waals surface area contributed by atoms with E-state index in [1.54, 1.807) is 11.3 Å². The quantitative estimate of drug-likeness (QED) is 0.857. The molecule has 104 valence electrons. The number of thiophene rings is 1. The Bertz CT molecular complexity index is 345. The summed E-state index contributed by atoms with van der Waals surface area (Å²) < 4.78 is 1.90. The first-order chi connectivity index (χ1) is 8.19. The van der Waals surface area contributed by atoms with Crippen LogP contribution in [0.3, 0.4) is 0 Å². The average Bonchev–Trinajstić information content (AvgIpc) is 2.61. The van der Waals surface area contributed by atoms with E-state index in [1.165, 1.54) is 30.8 Å². The van der Waals surface area contributed by atoms with Crippen LogP contribution in [0.1, 0.15) is 17.7 Å². The fourth-order valence-corrected chi connectivity index (χ4v) is 4.16. The molecule has 2 heterocycles. The summed E-state index contributed by atoms with van der Waals surface area (Å²) in [6.45, 7) is 4.62. The summed E-state index contributed by atoms with van der Waals surface area (Å²) in [6.07, 6.45) is 2.61. The van der Waals surface area contributed by atoms with E-state index >= 15 is 0 Å².